The molecule has 0 saturated heterocycles. The molecule has 5 heteroatoms. The zero-order valence-corrected chi connectivity index (χ0v) is 19.4. The zero-order valence-electron chi connectivity index (χ0n) is 15.4. The molecule has 0 N–H and O–H groups in total. The molecule has 0 spiro atoms. The minimum Gasteiger partial charge on any atom is -0.391 e. The molecule has 0 heterocycles. The summed E-state index contributed by atoms with van der Waals surface area (Å²) in [4.78, 5) is 0. The molecule has 0 radical (unpaired) electrons. The number of hydrogen-bond donors (Lipinski definition) is 0. The molecule has 1 atom stereocenters. The summed E-state index contributed by atoms with van der Waals surface area (Å²) in [7, 11) is -2.25. The highest BCUT2D eigenvalue weighted by molar-refractivity contribution is 6.70. The lowest BCUT2D eigenvalue weighted by Gasteiger charge is -2.34. The van der Waals surface area contributed by atoms with E-state index >= 15 is 0 Å². The molecule has 1 aromatic rings. The van der Waals surface area contributed by atoms with E-state index in [1.54, 1.807) is 0 Å². The first-order valence-electron chi connectivity index (χ1n) is 8.10. The van der Waals surface area contributed by atoms with Crippen LogP contribution in [0.1, 0.15) is 12.5 Å². The molecule has 2 nitrogen and oxygen atoms in total. The Hall–Kier alpha value is -0.469. The maximum atomic E-state index is 6.41. The molecule has 124 valence electrons. The first-order valence-corrected chi connectivity index (χ1v) is 16.1. The van der Waals surface area contributed by atoms with E-state index in [9.17, 15) is 0 Å². The monoisotopic (exact) mass is 352 g/mol. The summed E-state index contributed by atoms with van der Waals surface area (Å²) in [6.45, 7) is 15.6. The minimum absolute atomic E-state index is 0.189. The topological polar surface area (TPSA) is 18.5 Å². The predicted molar refractivity (Wildman–Crippen MR) is 106 cm³/mol. The molecule has 1 rings (SSSR count). The molecule has 0 saturated carbocycles. The van der Waals surface area contributed by atoms with Gasteiger partial charge < -0.3 is 8.85 Å². The molecule has 0 bridgehead atoms. The molecule has 1 aromatic carbocycles. The normalized spacial score (nSPS) is 15.4. The van der Waals surface area contributed by atoms with Crippen LogP contribution in [-0.4, -0.2) is 33.2 Å². The first kappa shape index (κ1) is 19.6. The Morgan fingerprint density at radius 1 is 0.955 bits per heavy atom. The number of hydrogen-bond acceptors (Lipinski definition) is 2. The average molecular weight is 353 g/mol. The molecule has 0 aliphatic carbocycles. The Morgan fingerprint density at radius 2 is 1.41 bits per heavy atom. The van der Waals surface area contributed by atoms with Gasteiger partial charge >= 0.3 is 0 Å². The second kappa shape index (κ2) is 7.88. The lowest BCUT2D eigenvalue weighted by molar-refractivity contribution is 0.0230. The maximum absolute atomic E-state index is 6.41. The second-order valence-electron chi connectivity index (χ2n) is 8.00. The molecule has 22 heavy (non-hydrogen) atoms. The van der Waals surface area contributed by atoms with Gasteiger partial charge in [0.05, 0.1) is 0 Å². The van der Waals surface area contributed by atoms with E-state index in [4.69, 9.17) is 8.85 Å². The summed E-state index contributed by atoms with van der Waals surface area (Å²) < 4.78 is 12.8. The number of rotatable bonds is 7. The Morgan fingerprint density at radius 3 is 1.77 bits per heavy atom. The van der Waals surface area contributed by atoms with E-state index in [1.165, 1.54) is 11.1 Å². The summed E-state index contributed by atoms with van der Waals surface area (Å²) in [6.07, 6.45) is 2.08. The minimum atomic E-state index is -1.67. The Labute approximate surface area is 141 Å². The van der Waals surface area contributed by atoms with Crippen molar-refractivity contribution in [2.24, 2.45) is 0 Å². The molecule has 0 aliphatic heterocycles. The third-order valence-corrected chi connectivity index (χ3v) is 5.50. The van der Waals surface area contributed by atoms with Gasteiger partial charge in [-0.3, -0.25) is 0 Å². The van der Waals surface area contributed by atoms with Gasteiger partial charge in [-0.1, -0.05) is 43.3 Å². The van der Waals surface area contributed by atoms with Crippen molar-refractivity contribution in [2.45, 2.75) is 58.0 Å². The van der Waals surface area contributed by atoms with Gasteiger partial charge in [0.1, 0.15) is 0 Å². The molecule has 0 aliphatic rings. The third kappa shape index (κ3) is 7.69. The average Bonchev–Trinajstić information content (AvgIpc) is 2.32. The molecule has 0 fully saturated rings. The number of benzene rings is 1. The SMILES string of the molecule is CC([SiH3])C(=Cc1ccccc1)C(O[Si](C)(C)C)O[Si](C)(C)C. The van der Waals surface area contributed by atoms with Crippen molar-refractivity contribution in [1.29, 1.82) is 0 Å². The van der Waals surface area contributed by atoms with Crippen molar-refractivity contribution in [3.8, 4) is 0 Å². The van der Waals surface area contributed by atoms with Crippen LogP contribution in [0, 0.1) is 0 Å². The standard InChI is InChI=1S/C17H32O2Si3/c1-14(20)16(13-15-11-9-8-10-12-15)17(18-21(2,3)4)19-22(5,6)7/h8-14,17H,1-7,20H3. The maximum Gasteiger partial charge on any atom is 0.187 e. The Bertz CT molecular complexity index is 469. The lowest BCUT2D eigenvalue weighted by Crippen LogP contribution is -2.41. The van der Waals surface area contributed by atoms with Gasteiger partial charge in [0.15, 0.2) is 22.9 Å². The summed E-state index contributed by atoms with van der Waals surface area (Å²) in [5, 5.41) is 0. The van der Waals surface area contributed by atoms with Crippen LogP contribution in [-0.2, 0) is 8.85 Å². The van der Waals surface area contributed by atoms with E-state index in [1.807, 2.05) is 0 Å². The fraction of sp³-hybridized carbons (Fsp3) is 0.529. The summed E-state index contributed by atoms with van der Waals surface area (Å²) >= 11 is 0. The fourth-order valence-electron chi connectivity index (χ4n) is 2.05. The van der Waals surface area contributed by atoms with Crippen LogP contribution >= 0.6 is 0 Å². The van der Waals surface area contributed by atoms with Crippen molar-refractivity contribution in [1.82, 2.24) is 0 Å². The Kier molecular flexibility index (Phi) is 7.01. The third-order valence-electron chi connectivity index (χ3n) is 2.99. The van der Waals surface area contributed by atoms with Crippen molar-refractivity contribution in [3.63, 3.8) is 0 Å². The van der Waals surface area contributed by atoms with Crippen molar-refractivity contribution in [2.75, 3.05) is 0 Å². The Balaban J connectivity index is 3.17. The molecule has 0 aromatic heterocycles. The van der Waals surface area contributed by atoms with Crippen molar-refractivity contribution < 1.29 is 8.85 Å². The van der Waals surface area contributed by atoms with E-state index in [0.717, 1.165) is 10.2 Å². The summed E-state index contributed by atoms with van der Waals surface area (Å²) in [5.74, 6) is 0. The predicted octanol–water partition coefficient (Wildman–Crippen LogP) is 4.27. The van der Waals surface area contributed by atoms with Crippen LogP contribution in [0.3, 0.4) is 0 Å². The zero-order chi connectivity index (χ0) is 17.0. The lowest BCUT2D eigenvalue weighted by atomic mass is 10.1. The molecule has 0 amide bonds. The van der Waals surface area contributed by atoms with E-state index < -0.39 is 16.6 Å². The van der Waals surface area contributed by atoms with Gasteiger partial charge in [-0.05, 0) is 56.0 Å². The first-order chi connectivity index (χ1) is 9.98. The van der Waals surface area contributed by atoms with Gasteiger partial charge in [-0.2, -0.15) is 0 Å². The highest BCUT2D eigenvalue weighted by Crippen LogP contribution is 2.28. The van der Waals surface area contributed by atoms with Crippen LogP contribution in [0.5, 0.6) is 0 Å². The van der Waals surface area contributed by atoms with Gasteiger partial charge in [0.25, 0.3) is 0 Å². The van der Waals surface area contributed by atoms with E-state index in [2.05, 4.69) is 82.6 Å². The van der Waals surface area contributed by atoms with Crippen molar-refractivity contribution >= 4 is 33.0 Å². The van der Waals surface area contributed by atoms with Gasteiger partial charge in [-0.25, -0.2) is 0 Å². The summed E-state index contributed by atoms with van der Waals surface area (Å²) in [5.41, 5.74) is 3.05. The van der Waals surface area contributed by atoms with Crippen LogP contribution in [0.4, 0.5) is 0 Å². The van der Waals surface area contributed by atoms with Gasteiger partial charge in [-0.15, -0.1) is 0 Å². The van der Waals surface area contributed by atoms with Crippen LogP contribution < -0.4 is 0 Å². The second-order valence-corrected chi connectivity index (χ2v) is 18.7. The highest BCUT2D eigenvalue weighted by Gasteiger charge is 2.30. The van der Waals surface area contributed by atoms with Crippen molar-refractivity contribution in [3.05, 3.63) is 41.5 Å². The van der Waals surface area contributed by atoms with Crippen LogP contribution in [0.15, 0.2) is 35.9 Å². The molecular weight excluding hydrogens is 320 g/mol. The largest absolute Gasteiger partial charge is 0.391 e. The van der Waals surface area contributed by atoms with E-state index in [-0.39, 0.29) is 6.29 Å². The summed E-state index contributed by atoms with van der Waals surface area (Å²) in [6, 6.07) is 10.5. The van der Waals surface area contributed by atoms with Crippen LogP contribution in [0.25, 0.3) is 6.08 Å². The molecular formula is C17H32O2Si3. The van der Waals surface area contributed by atoms with Gasteiger partial charge in [0.2, 0.25) is 0 Å². The van der Waals surface area contributed by atoms with Gasteiger partial charge in [0, 0.05) is 10.2 Å². The smallest absolute Gasteiger partial charge is 0.187 e. The van der Waals surface area contributed by atoms with E-state index in [0.29, 0.717) is 5.54 Å². The highest BCUT2D eigenvalue weighted by atomic mass is 28.4. The molecule has 1 unspecified atom stereocenters. The fourth-order valence-corrected chi connectivity index (χ4v) is 4.24. The van der Waals surface area contributed by atoms with Crippen LogP contribution in [0.2, 0.25) is 44.8 Å². The quantitative estimate of drug-likeness (QED) is 0.539.